The monoisotopic (exact) mass is 327 g/mol. The van der Waals surface area contributed by atoms with Gasteiger partial charge in [-0.3, -0.25) is 4.90 Å². The summed E-state index contributed by atoms with van der Waals surface area (Å²) in [5.74, 6) is 0.874. The van der Waals surface area contributed by atoms with E-state index in [0.717, 1.165) is 49.4 Å². The number of piperazine rings is 1. The number of benzene rings is 1. The Balaban J connectivity index is 1.42. The minimum absolute atomic E-state index is 0.758. The Hall–Kier alpha value is -2.32. The highest BCUT2D eigenvalue weighted by Gasteiger charge is 2.20. The fourth-order valence-corrected chi connectivity index (χ4v) is 3.44. The summed E-state index contributed by atoms with van der Waals surface area (Å²) in [6.07, 6.45) is 1.86. The number of aromatic nitrogens is 5. The van der Waals surface area contributed by atoms with E-state index in [1.54, 1.807) is 11.3 Å². The summed E-state index contributed by atoms with van der Waals surface area (Å²) in [7, 11) is 0. The molecule has 1 aromatic carbocycles. The van der Waals surface area contributed by atoms with Crippen LogP contribution < -0.4 is 4.90 Å². The van der Waals surface area contributed by atoms with Gasteiger partial charge in [0.15, 0.2) is 11.0 Å². The van der Waals surface area contributed by atoms with Crippen LogP contribution in [-0.4, -0.2) is 56.3 Å². The van der Waals surface area contributed by atoms with Gasteiger partial charge in [0, 0.05) is 37.8 Å². The molecule has 0 unspecified atom stereocenters. The predicted molar refractivity (Wildman–Crippen MR) is 88.8 cm³/mol. The second kappa shape index (κ2) is 6.43. The van der Waals surface area contributed by atoms with Crippen LogP contribution in [0.1, 0.15) is 5.82 Å². The third kappa shape index (κ3) is 3.08. The van der Waals surface area contributed by atoms with Gasteiger partial charge in [0.05, 0.1) is 12.2 Å². The van der Waals surface area contributed by atoms with Crippen LogP contribution in [0.2, 0.25) is 0 Å². The molecule has 1 saturated heterocycles. The van der Waals surface area contributed by atoms with Gasteiger partial charge in [-0.1, -0.05) is 18.2 Å². The molecule has 118 valence electrons. The molecule has 8 heteroatoms. The van der Waals surface area contributed by atoms with E-state index in [-0.39, 0.29) is 0 Å². The number of tetrazole rings is 1. The zero-order valence-corrected chi connectivity index (χ0v) is 13.4. The molecule has 0 aliphatic carbocycles. The Kier molecular flexibility index (Phi) is 3.99. The fourth-order valence-electron chi connectivity index (χ4n) is 2.74. The zero-order chi connectivity index (χ0) is 15.5. The second-order valence-corrected chi connectivity index (χ2v) is 6.29. The molecule has 23 heavy (non-hydrogen) atoms. The van der Waals surface area contributed by atoms with Crippen molar-refractivity contribution >= 4 is 16.5 Å². The van der Waals surface area contributed by atoms with Gasteiger partial charge in [-0.05, 0) is 22.6 Å². The average Bonchev–Trinajstić information content (AvgIpc) is 3.28. The van der Waals surface area contributed by atoms with Gasteiger partial charge in [-0.25, -0.2) is 4.98 Å². The molecule has 7 nitrogen and oxygen atoms in total. The molecular formula is C15H17N7S. The lowest BCUT2D eigenvalue weighted by atomic mass is 10.3. The molecular weight excluding hydrogens is 310 g/mol. The van der Waals surface area contributed by atoms with Crippen molar-refractivity contribution in [3.05, 3.63) is 47.7 Å². The van der Waals surface area contributed by atoms with Gasteiger partial charge in [0.25, 0.3) is 0 Å². The van der Waals surface area contributed by atoms with E-state index in [4.69, 9.17) is 0 Å². The van der Waals surface area contributed by atoms with Crippen LogP contribution >= 0.6 is 11.3 Å². The van der Waals surface area contributed by atoms with Crippen molar-refractivity contribution in [2.75, 3.05) is 31.1 Å². The van der Waals surface area contributed by atoms with Crippen molar-refractivity contribution in [1.29, 1.82) is 0 Å². The summed E-state index contributed by atoms with van der Waals surface area (Å²) in [5, 5.41) is 15.3. The van der Waals surface area contributed by atoms with Crippen molar-refractivity contribution in [2.45, 2.75) is 6.54 Å². The average molecular weight is 327 g/mol. The smallest absolute Gasteiger partial charge is 0.185 e. The van der Waals surface area contributed by atoms with E-state index < -0.39 is 0 Å². The first-order valence-corrected chi connectivity index (χ1v) is 8.47. The Bertz CT molecular complexity index is 732. The molecule has 0 bridgehead atoms. The standard InChI is InChI=1S/C15H17N7S/c1-2-4-13(5-3-1)22-14(17-18-19-22)12-20-7-9-21(10-8-20)15-16-6-11-23-15/h1-6,11H,7-10,12H2. The number of rotatable bonds is 4. The molecule has 1 aliphatic rings. The highest BCUT2D eigenvalue weighted by molar-refractivity contribution is 7.13. The van der Waals surface area contributed by atoms with Crippen molar-refractivity contribution in [2.24, 2.45) is 0 Å². The van der Waals surface area contributed by atoms with Gasteiger partial charge in [-0.15, -0.1) is 16.4 Å². The van der Waals surface area contributed by atoms with E-state index in [9.17, 15) is 0 Å². The maximum atomic E-state index is 4.38. The van der Waals surface area contributed by atoms with Gasteiger partial charge in [0.2, 0.25) is 0 Å². The molecule has 1 aliphatic heterocycles. The quantitative estimate of drug-likeness (QED) is 0.722. The molecule has 0 saturated carbocycles. The minimum atomic E-state index is 0.758. The van der Waals surface area contributed by atoms with Crippen LogP contribution in [0.5, 0.6) is 0 Å². The lowest BCUT2D eigenvalue weighted by Crippen LogP contribution is -2.46. The Morgan fingerprint density at radius 3 is 2.61 bits per heavy atom. The molecule has 0 spiro atoms. The van der Waals surface area contributed by atoms with Crippen LogP contribution in [0.4, 0.5) is 5.13 Å². The van der Waals surface area contributed by atoms with Gasteiger partial charge in [-0.2, -0.15) is 4.68 Å². The molecule has 1 fully saturated rings. The first-order valence-electron chi connectivity index (χ1n) is 7.59. The number of thiazole rings is 1. The van der Waals surface area contributed by atoms with Crippen molar-refractivity contribution in [1.82, 2.24) is 30.1 Å². The SMILES string of the molecule is c1ccc(-n2nnnc2CN2CCN(c3nccs3)CC2)cc1. The first kappa shape index (κ1) is 14.3. The normalized spacial score (nSPS) is 15.9. The van der Waals surface area contributed by atoms with Crippen LogP contribution in [0.15, 0.2) is 41.9 Å². The summed E-state index contributed by atoms with van der Waals surface area (Å²) in [6.45, 7) is 4.71. The van der Waals surface area contributed by atoms with E-state index in [1.165, 1.54) is 0 Å². The molecule has 0 amide bonds. The lowest BCUT2D eigenvalue weighted by molar-refractivity contribution is 0.242. The zero-order valence-electron chi connectivity index (χ0n) is 12.6. The number of para-hydroxylation sites is 1. The topological polar surface area (TPSA) is 63.0 Å². The first-order chi connectivity index (χ1) is 11.4. The summed E-state index contributed by atoms with van der Waals surface area (Å²) in [5.41, 5.74) is 0.994. The molecule has 3 aromatic rings. The molecule has 0 radical (unpaired) electrons. The number of hydrogen-bond acceptors (Lipinski definition) is 7. The van der Waals surface area contributed by atoms with E-state index in [2.05, 4.69) is 30.3 Å². The van der Waals surface area contributed by atoms with Crippen LogP contribution in [0.25, 0.3) is 5.69 Å². The van der Waals surface area contributed by atoms with Crippen molar-refractivity contribution in [3.63, 3.8) is 0 Å². The van der Waals surface area contributed by atoms with E-state index >= 15 is 0 Å². The maximum absolute atomic E-state index is 4.38. The van der Waals surface area contributed by atoms with Crippen molar-refractivity contribution in [3.8, 4) is 5.69 Å². The highest BCUT2D eigenvalue weighted by Crippen LogP contribution is 2.19. The van der Waals surface area contributed by atoms with Crippen molar-refractivity contribution < 1.29 is 0 Å². The third-order valence-electron chi connectivity index (χ3n) is 3.96. The lowest BCUT2D eigenvalue weighted by Gasteiger charge is -2.34. The summed E-state index contributed by atoms with van der Waals surface area (Å²) >= 11 is 1.70. The number of nitrogens with zero attached hydrogens (tertiary/aromatic N) is 7. The predicted octanol–water partition coefficient (Wildman–Crippen LogP) is 1.44. The summed E-state index contributed by atoms with van der Waals surface area (Å²) < 4.78 is 1.81. The number of anilines is 1. The summed E-state index contributed by atoms with van der Waals surface area (Å²) in [6, 6.07) is 10.0. The largest absolute Gasteiger partial charge is 0.346 e. The molecule has 0 N–H and O–H groups in total. The fraction of sp³-hybridized carbons (Fsp3) is 0.333. The number of hydrogen-bond donors (Lipinski definition) is 0. The Morgan fingerprint density at radius 1 is 1.04 bits per heavy atom. The Morgan fingerprint density at radius 2 is 1.87 bits per heavy atom. The molecule has 4 rings (SSSR count). The molecule has 0 atom stereocenters. The molecule has 2 aromatic heterocycles. The molecule has 3 heterocycles. The minimum Gasteiger partial charge on any atom is -0.346 e. The van der Waals surface area contributed by atoms with Crippen LogP contribution in [0, 0.1) is 0 Å². The van der Waals surface area contributed by atoms with Crippen LogP contribution in [0.3, 0.4) is 0 Å². The van der Waals surface area contributed by atoms with E-state index in [0.29, 0.717) is 0 Å². The van der Waals surface area contributed by atoms with Gasteiger partial charge >= 0.3 is 0 Å². The maximum Gasteiger partial charge on any atom is 0.185 e. The Labute approximate surface area is 138 Å². The van der Waals surface area contributed by atoms with Crippen LogP contribution in [-0.2, 0) is 6.54 Å². The highest BCUT2D eigenvalue weighted by atomic mass is 32.1. The third-order valence-corrected chi connectivity index (χ3v) is 4.79. The summed E-state index contributed by atoms with van der Waals surface area (Å²) in [4.78, 5) is 9.10. The van der Waals surface area contributed by atoms with Gasteiger partial charge < -0.3 is 4.90 Å². The van der Waals surface area contributed by atoms with E-state index in [1.807, 2.05) is 46.6 Å². The van der Waals surface area contributed by atoms with Gasteiger partial charge in [0.1, 0.15) is 0 Å². The second-order valence-electron chi connectivity index (χ2n) is 5.42.